The van der Waals surface area contributed by atoms with Gasteiger partial charge in [-0.3, -0.25) is 0 Å². The molecule has 0 saturated heterocycles. The molecule has 15 heavy (non-hydrogen) atoms. The first-order valence-corrected chi connectivity index (χ1v) is 6.33. The lowest BCUT2D eigenvalue weighted by Crippen LogP contribution is -2.14. The molecular weight excluding hydrogens is 206 g/mol. The summed E-state index contributed by atoms with van der Waals surface area (Å²) in [5, 5.41) is 4.64. The van der Waals surface area contributed by atoms with Crippen molar-refractivity contribution >= 4 is 11.3 Å². The van der Waals surface area contributed by atoms with Crippen molar-refractivity contribution in [2.24, 2.45) is 0 Å². The minimum absolute atomic E-state index is 0.966. The summed E-state index contributed by atoms with van der Waals surface area (Å²) in [7, 11) is 4.19. The largest absolute Gasteiger partial charge is 0.312 e. The van der Waals surface area contributed by atoms with E-state index in [0.717, 1.165) is 26.1 Å². The minimum atomic E-state index is 0.966. The molecule has 0 spiro atoms. The van der Waals surface area contributed by atoms with Crippen molar-refractivity contribution in [3.63, 3.8) is 0 Å². The molecule has 0 amide bonds. The lowest BCUT2D eigenvalue weighted by atomic mass is 10.4. The first-order chi connectivity index (χ1) is 7.22. The van der Waals surface area contributed by atoms with Gasteiger partial charge in [0.1, 0.15) is 0 Å². The summed E-state index contributed by atoms with van der Waals surface area (Å²) in [6, 6.07) is 0. The molecule has 0 fully saturated rings. The van der Waals surface area contributed by atoms with E-state index in [1.165, 1.54) is 16.3 Å². The average molecular weight is 227 g/mol. The molecule has 0 aliphatic heterocycles. The van der Waals surface area contributed by atoms with E-state index in [1.54, 1.807) is 0 Å². The molecule has 1 aromatic heterocycles. The van der Waals surface area contributed by atoms with Gasteiger partial charge in [-0.15, -0.1) is 11.3 Å². The first-order valence-electron chi connectivity index (χ1n) is 5.51. The van der Waals surface area contributed by atoms with Gasteiger partial charge >= 0.3 is 0 Å². The highest BCUT2D eigenvalue weighted by atomic mass is 32.1. The van der Waals surface area contributed by atoms with E-state index in [2.05, 4.69) is 36.2 Å². The summed E-state index contributed by atoms with van der Waals surface area (Å²) in [4.78, 5) is 7.95. The second-order valence-electron chi connectivity index (χ2n) is 3.95. The highest BCUT2D eigenvalue weighted by molar-refractivity contribution is 7.11. The SMILES string of the molecule is CCCNCc1cnc(CCN(C)C)s1. The van der Waals surface area contributed by atoms with Crippen LogP contribution in [0.5, 0.6) is 0 Å². The van der Waals surface area contributed by atoms with Crippen molar-refractivity contribution < 1.29 is 0 Å². The third-order valence-electron chi connectivity index (χ3n) is 2.10. The number of thiazole rings is 1. The second kappa shape index (κ2) is 6.93. The van der Waals surface area contributed by atoms with Crippen LogP contribution in [0, 0.1) is 0 Å². The van der Waals surface area contributed by atoms with E-state index in [-0.39, 0.29) is 0 Å². The zero-order chi connectivity index (χ0) is 11.1. The summed E-state index contributed by atoms with van der Waals surface area (Å²) < 4.78 is 0. The zero-order valence-electron chi connectivity index (χ0n) is 9.92. The van der Waals surface area contributed by atoms with Crippen LogP contribution in [0.4, 0.5) is 0 Å². The van der Waals surface area contributed by atoms with Crippen molar-refractivity contribution in [1.82, 2.24) is 15.2 Å². The van der Waals surface area contributed by atoms with E-state index >= 15 is 0 Å². The molecule has 3 nitrogen and oxygen atoms in total. The van der Waals surface area contributed by atoms with Crippen molar-refractivity contribution in [2.45, 2.75) is 26.3 Å². The molecule has 0 saturated carbocycles. The molecule has 1 aromatic rings. The highest BCUT2D eigenvalue weighted by Gasteiger charge is 2.01. The number of hydrogen-bond acceptors (Lipinski definition) is 4. The third-order valence-corrected chi connectivity index (χ3v) is 3.16. The molecule has 0 aliphatic carbocycles. The quantitative estimate of drug-likeness (QED) is 0.719. The Morgan fingerprint density at radius 1 is 1.47 bits per heavy atom. The molecule has 0 radical (unpaired) electrons. The van der Waals surface area contributed by atoms with Crippen LogP contribution in [-0.2, 0) is 13.0 Å². The summed E-state index contributed by atoms with van der Waals surface area (Å²) in [5.41, 5.74) is 0. The summed E-state index contributed by atoms with van der Waals surface area (Å²) in [5.74, 6) is 0. The summed E-state index contributed by atoms with van der Waals surface area (Å²) in [6.45, 7) is 5.32. The molecule has 0 aromatic carbocycles. The maximum absolute atomic E-state index is 4.42. The van der Waals surface area contributed by atoms with Gasteiger partial charge in [0.2, 0.25) is 0 Å². The van der Waals surface area contributed by atoms with Gasteiger partial charge in [0.05, 0.1) is 5.01 Å². The monoisotopic (exact) mass is 227 g/mol. The topological polar surface area (TPSA) is 28.2 Å². The third kappa shape index (κ3) is 5.25. The van der Waals surface area contributed by atoms with Gasteiger partial charge in [-0.1, -0.05) is 6.92 Å². The van der Waals surface area contributed by atoms with Crippen molar-refractivity contribution in [1.29, 1.82) is 0 Å². The molecule has 0 atom stereocenters. The zero-order valence-corrected chi connectivity index (χ0v) is 10.7. The molecule has 1 rings (SSSR count). The van der Waals surface area contributed by atoms with Gasteiger partial charge < -0.3 is 10.2 Å². The fraction of sp³-hybridized carbons (Fsp3) is 0.727. The van der Waals surface area contributed by atoms with Gasteiger partial charge in [-0.2, -0.15) is 0 Å². The molecule has 0 aliphatic rings. The van der Waals surface area contributed by atoms with E-state index in [1.807, 2.05) is 17.5 Å². The lowest BCUT2D eigenvalue weighted by Gasteiger charge is -2.06. The number of rotatable bonds is 7. The van der Waals surface area contributed by atoms with Crippen molar-refractivity contribution in [3.8, 4) is 0 Å². The van der Waals surface area contributed by atoms with E-state index < -0.39 is 0 Å². The molecule has 4 heteroatoms. The van der Waals surface area contributed by atoms with E-state index in [9.17, 15) is 0 Å². The van der Waals surface area contributed by atoms with Crippen LogP contribution in [-0.4, -0.2) is 37.1 Å². The Morgan fingerprint density at radius 2 is 2.27 bits per heavy atom. The van der Waals surface area contributed by atoms with Crippen LogP contribution < -0.4 is 5.32 Å². The van der Waals surface area contributed by atoms with Gasteiger partial charge in [-0.25, -0.2) is 4.98 Å². The predicted octanol–water partition coefficient (Wildman–Crippen LogP) is 1.75. The van der Waals surface area contributed by atoms with Gasteiger partial charge in [0.25, 0.3) is 0 Å². The van der Waals surface area contributed by atoms with E-state index in [4.69, 9.17) is 0 Å². The van der Waals surface area contributed by atoms with Crippen LogP contribution in [0.25, 0.3) is 0 Å². The standard InChI is InChI=1S/C11H21N3S/c1-4-6-12-8-10-9-13-11(15-10)5-7-14(2)3/h9,12H,4-8H2,1-3H3. The van der Waals surface area contributed by atoms with Crippen molar-refractivity contribution in [2.75, 3.05) is 27.2 Å². The minimum Gasteiger partial charge on any atom is -0.312 e. The Bertz CT molecular complexity index is 271. The number of nitrogens with one attached hydrogen (secondary N) is 1. The number of hydrogen-bond donors (Lipinski definition) is 1. The highest BCUT2D eigenvalue weighted by Crippen LogP contribution is 2.13. The Hall–Kier alpha value is -0.450. The van der Waals surface area contributed by atoms with Crippen LogP contribution in [0.15, 0.2) is 6.20 Å². The maximum Gasteiger partial charge on any atom is 0.0940 e. The fourth-order valence-electron chi connectivity index (χ4n) is 1.25. The van der Waals surface area contributed by atoms with Gasteiger partial charge in [0.15, 0.2) is 0 Å². The van der Waals surface area contributed by atoms with Gasteiger partial charge in [-0.05, 0) is 27.1 Å². The Morgan fingerprint density at radius 3 is 2.93 bits per heavy atom. The summed E-state index contributed by atoms with van der Waals surface area (Å²) >= 11 is 1.83. The molecule has 0 bridgehead atoms. The van der Waals surface area contributed by atoms with Crippen LogP contribution in [0.3, 0.4) is 0 Å². The maximum atomic E-state index is 4.42. The second-order valence-corrected chi connectivity index (χ2v) is 5.15. The normalized spacial score (nSPS) is 11.2. The van der Waals surface area contributed by atoms with Crippen LogP contribution in [0.2, 0.25) is 0 Å². The summed E-state index contributed by atoms with van der Waals surface area (Å²) in [6.07, 6.45) is 4.25. The van der Waals surface area contributed by atoms with Crippen LogP contribution in [0.1, 0.15) is 23.2 Å². The smallest absolute Gasteiger partial charge is 0.0940 e. The predicted molar refractivity (Wildman–Crippen MR) is 66.4 cm³/mol. The Balaban J connectivity index is 2.29. The molecular formula is C11H21N3S. The molecule has 1 heterocycles. The number of nitrogens with zero attached hydrogens (tertiary/aromatic N) is 2. The number of likely N-dealkylation sites (N-methyl/N-ethyl adjacent to an activating group) is 1. The molecule has 1 N–H and O–H groups in total. The molecule has 0 unspecified atom stereocenters. The molecule has 86 valence electrons. The lowest BCUT2D eigenvalue weighted by molar-refractivity contribution is 0.413. The Kier molecular flexibility index (Phi) is 5.83. The van der Waals surface area contributed by atoms with Gasteiger partial charge in [0, 0.05) is 30.6 Å². The Labute approximate surface area is 96.5 Å². The van der Waals surface area contributed by atoms with Crippen LogP contribution >= 0.6 is 11.3 Å². The average Bonchev–Trinajstić information content (AvgIpc) is 2.63. The first kappa shape index (κ1) is 12.6. The van der Waals surface area contributed by atoms with Crippen molar-refractivity contribution in [3.05, 3.63) is 16.1 Å². The number of aromatic nitrogens is 1. The fourth-order valence-corrected chi connectivity index (χ4v) is 2.13. The van der Waals surface area contributed by atoms with E-state index in [0.29, 0.717) is 0 Å².